The Balaban J connectivity index is 1.64. The van der Waals surface area contributed by atoms with Gasteiger partial charge in [0.1, 0.15) is 11.4 Å². The molecule has 2 heterocycles. The van der Waals surface area contributed by atoms with Crippen LogP contribution in [-0.4, -0.2) is 64.2 Å². The molecular formula is C19H27N3O4. The van der Waals surface area contributed by atoms with Crippen LogP contribution in [0.2, 0.25) is 0 Å². The number of carbonyl (C=O) groups is 2. The van der Waals surface area contributed by atoms with Crippen molar-refractivity contribution in [1.29, 1.82) is 0 Å². The van der Waals surface area contributed by atoms with Crippen molar-refractivity contribution < 1.29 is 19.4 Å². The van der Waals surface area contributed by atoms with E-state index in [4.69, 9.17) is 4.74 Å². The second-order valence-electron chi connectivity index (χ2n) is 8.11. The maximum atomic E-state index is 12.6. The fraction of sp³-hybridized carbons (Fsp3) is 0.579. The molecular weight excluding hydrogens is 334 g/mol. The molecule has 0 bridgehead atoms. The lowest BCUT2D eigenvalue weighted by atomic mass is 10.1. The number of benzene rings is 1. The van der Waals surface area contributed by atoms with Crippen molar-refractivity contribution in [3.63, 3.8) is 0 Å². The minimum Gasteiger partial charge on any atom is -0.508 e. The summed E-state index contributed by atoms with van der Waals surface area (Å²) in [5.41, 5.74) is 0.935. The van der Waals surface area contributed by atoms with Gasteiger partial charge in [-0.1, -0.05) is 0 Å². The van der Waals surface area contributed by atoms with Crippen LogP contribution < -0.4 is 5.32 Å². The van der Waals surface area contributed by atoms with Gasteiger partial charge in [-0.15, -0.1) is 0 Å². The highest BCUT2D eigenvalue weighted by Gasteiger charge is 2.35. The largest absolute Gasteiger partial charge is 0.508 e. The number of amides is 2. The normalized spacial score (nSPS) is 23.2. The molecule has 2 amide bonds. The molecule has 0 radical (unpaired) electrons. The van der Waals surface area contributed by atoms with E-state index >= 15 is 0 Å². The van der Waals surface area contributed by atoms with Crippen LogP contribution in [0, 0.1) is 0 Å². The minimum absolute atomic E-state index is 0.0226. The molecule has 1 saturated heterocycles. The van der Waals surface area contributed by atoms with Crippen LogP contribution in [0.5, 0.6) is 5.75 Å². The van der Waals surface area contributed by atoms with Gasteiger partial charge in [0.15, 0.2) is 0 Å². The predicted octanol–water partition coefficient (Wildman–Crippen LogP) is 1.95. The van der Waals surface area contributed by atoms with Crippen LogP contribution in [0.25, 0.3) is 0 Å². The summed E-state index contributed by atoms with van der Waals surface area (Å²) in [6.07, 6.45) is -0.322. The number of hydrogen-bond donors (Lipinski definition) is 2. The number of carbonyl (C=O) groups excluding carboxylic acids is 2. The van der Waals surface area contributed by atoms with E-state index < -0.39 is 5.60 Å². The third-order valence-corrected chi connectivity index (χ3v) is 4.69. The molecule has 2 aliphatic heterocycles. The third kappa shape index (κ3) is 3.93. The first-order valence-corrected chi connectivity index (χ1v) is 8.98. The highest BCUT2D eigenvalue weighted by molar-refractivity contribution is 5.98. The Kier molecular flexibility index (Phi) is 4.84. The van der Waals surface area contributed by atoms with E-state index in [9.17, 15) is 14.7 Å². The minimum atomic E-state index is -0.536. The zero-order valence-corrected chi connectivity index (χ0v) is 15.8. The van der Waals surface area contributed by atoms with Gasteiger partial charge in [0.2, 0.25) is 0 Å². The van der Waals surface area contributed by atoms with Crippen LogP contribution in [0.1, 0.15) is 43.6 Å². The Morgan fingerprint density at radius 3 is 2.81 bits per heavy atom. The van der Waals surface area contributed by atoms with Gasteiger partial charge in [0, 0.05) is 43.8 Å². The molecule has 7 heteroatoms. The number of fused-ring (bicyclic) bond motifs is 1. The van der Waals surface area contributed by atoms with Gasteiger partial charge >= 0.3 is 6.09 Å². The van der Waals surface area contributed by atoms with Gasteiger partial charge in [-0.3, -0.25) is 4.79 Å². The van der Waals surface area contributed by atoms with E-state index in [0.29, 0.717) is 31.7 Å². The van der Waals surface area contributed by atoms with E-state index in [1.165, 1.54) is 6.07 Å². The van der Waals surface area contributed by atoms with Crippen LogP contribution >= 0.6 is 0 Å². The fourth-order valence-electron chi connectivity index (χ4n) is 3.41. The van der Waals surface area contributed by atoms with E-state index in [0.717, 1.165) is 5.56 Å². The molecule has 0 aromatic heterocycles. The van der Waals surface area contributed by atoms with Crippen LogP contribution in [0.15, 0.2) is 18.2 Å². The monoisotopic (exact) mass is 361 g/mol. The SMILES string of the molecule is C[C@@H]1CN[C@@H](CN2Cc3cc(O)ccc3C2=O)CN1C(=O)OC(C)(C)C. The number of piperazine rings is 1. The zero-order valence-electron chi connectivity index (χ0n) is 15.8. The molecule has 2 atom stereocenters. The number of nitrogens with one attached hydrogen (secondary N) is 1. The standard InChI is InChI=1S/C19H27N3O4/c1-12-8-20-14(11-22(12)18(25)26-19(2,3)4)10-21-9-13-7-15(23)5-6-16(13)17(21)24/h5-7,12,14,20,23H,8-11H2,1-4H3/t12-,14+/m1/s1. The first-order chi connectivity index (χ1) is 12.1. The Morgan fingerprint density at radius 2 is 2.12 bits per heavy atom. The molecule has 0 aliphatic carbocycles. The Hall–Kier alpha value is -2.28. The number of aromatic hydroxyl groups is 1. The van der Waals surface area contributed by atoms with Crippen molar-refractivity contribution >= 4 is 12.0 Å². The molecule has 2 N–H and O–H groups in total. The average Bonchev–Trinajstić information content (AvgIpc) is 2.83. The lowest BCUT2D eigenvalue weighted by molar-refractivity contribution is 0.00817. The average molecular weight is 361 g/mol. The van der Waals surface area contributed by atoms with Gasteiger partial charge in [-0.25, -0.2) is 4.79 Å². The van der Waals surface area contributed by atoms with Gasteiger partial charge in [-0.05, 0) is 51.5 Å². The number of nitrogens with zero attached hydrogens (tertiary/aromatic N) is 2. The molecule has 2 aliphatic rings. The summed E-state index contributed by atoms with van der Waals surface area (Å²) in [6.45, 7) is 9.65. The summed E-state index contributed by atoms with van der Waals surface area (Å²) in [7, 11) is 0. The molecule has 7 nitrogen and oxygen atoms in total. The lowest BCUT2D eigenvalue weighted by Crippen LogP contribution is -2.60. The van der Waals surface area contributed by atoms with Crippen LogP contribution in [-0.2, 0) is 11.3 Å². The molecule has 26 heavy (non-hydrogen) atoms. The van der Waals surface area contributed by atoms with Crippen LogP contribution in [0.4, 0.5) is 4.79 Å². The summed E-state index contributed by atoms with van der Waals surface area (Å²) in [5.74, 6) is 0.128. The molecule has 1 fully saturated rings. The number of rotatable bonds is 2. The molecule has 142 valence electrons. The fourth-order valence-corrected chi connectivity index (χ4v) is 3.41. The van der Waals surface area contributed by atoms with Crippen molar-refractivity contribution in [3.8, 4) is 5.75 Å². The molecule has 1 aromatic carbocycles. The number of ether oxygens (including phenoxy) is 1. The van der Waals surface area contributed by atoms with Crippen molar-refractivity contribution in [2.75, 3.05) is 19.6 Å². The second-order valence-corrected chi connectivity index (χ2v) is 8.11. The maximum absolute atomic E-state index is 12.6. The number of hydrogen-bond acceptors (Lipinski definition) is 5. The summed E-state index contributed by atoms with van der Waals surface area (Å²) in [4.78, 5) is 28.5. The van der Waals surface area contributed by atoms with Gasteiger partial charge < -0.3 is 25.0 Å². The lowest BCUT2D eigenvalue weighted by Gasteiger charge is -2.40. The summed E-state index contributed by atoms with van der Waals surface area (Å²) in [6, 6.07) is 4.84. The van der Waals surface area contributed by atoms with Gasteiger partial charge in [-0.2, -0.15) is 0 Å². The Labute approximate surface area is 153 Å². The van der Waals surface area contributed by atoms with Crippen LogP contribution in [0.3, 0.4) is 0 Å². The van der Waals surface area contributed by atoms with Crippen molar-refractivity contribution in [2.45, 2.75) is 51.9 Å². The van der Waals surface area contributed by atoms with E-state index in [-0.39, 0.29) is 29.8 Å². The number of phenols is 1. The Bertz CT molecular complexity index is 713. The van der Waals surface area contributed by atoms with Crippen molar-refractivity contribution in [2.24, 2.45) is 0 Å². The highest BCUT2D eigenvalue weighted by atomic mass is 16.6. The van der Waals surface area contributed by atoms with Crippen molar-refractivity contribution in [1.82, 2.24) is 15.1 Å². The topological polar surface area (TPSA) is 82.1 Å². The second kappa shape index (κ2) is 6.79. The van der Waals surface area contributed by atoms with E-state index in [1.54, 1.807) is 21.9 Å². The van der Waals surface area contributed by atoms with Gasteiger partial charge in [0.25, 0.3) is 5.91 Å². The molecule has 0 unspecified atom stereocenters. The third-order valence-electron chi connectivity index (χ3n) is 4.69. The first-order valence-electron chi connectivity index (χ1n) is 8.98. The highest BCUT2D eigenvalue weighted by Crippen LogP contribution is 2.26. The summed E-state index contributed by atoms with van der Waals surface area (Å²) < 4.78 is 5.50. The quantitative estimate of drug-likeness (QED) is 0.841. The maximum Gasteiger partial charge on any atom is 0.410 e. The zero-order chi connectivity index (χ0) is 19.1. The van der Waals surface area contributed by atoms with Crippen molar-refractivity contribution in [3.05, 3.63) is 29.3 Å². The first kappa shape index (κ1) is 18.5. The number of phenolic OH excluding ortho intramolecular Hbond substituents is 1. The van der Waals surface area contributed by atoms with E-state index in [1.807, 2.05) is 27.7 Å². The molecule has 0 spiro atoms. The molecule has 1 aromatic rings. The summed E-state index contributed by atoms with van der Waals surface area (Å²) >= 11 is 0. The van der Waals surface area contributed by atoms with Gasteiger partial charge in [0.05, 0.1) is 0 Å². The molecule has 0 saturated carbocycles. The Morgan fingerprint density at radius 1 is 1.38 bits per heavy atom. The van der Waals surface area contributed by atoms with E-state index in [2.05, 4.69) is 5.32 Å². The predicted molar refractivity (Wildman–Crippen MR) is 97.0 cm³/mol. The molecule has 3 rings (SSSR count). The smallest absolute Gasteiger partial charge is 0.410 e. The summed E-state index contributed by atoms with van der Waals surface area (Å²) in [5, 5.41) is 13.0.